The van der Waals surface area contributed by atoms with Gasteiger partial charge in [0.25, 0.3) is 5.91 Å². The van der Waals surface area contributed by atoms with E-state index in [0.717, 1.165) is 0 Å². The summed E-state index contributed by atoms with van der Waals surface area (Å²) in [7, 11) is 0. The molecule has 2 aromatic rings. The summed E-state index contributed by atoms with van der Waals surface area (Å²) in [5.41, 5.74) is 3.62. The van der Waals surface area contributed by atoms with Crippen LogP contribution in [-0.2, 0) is 11.3 Å². The van der Waals surface area contributed by atoms with E-state index in [1.54, 1.807) is 0 Å². The van der Waals surface area contributed by atoms with Crippen molar-refractivity contribution in [3.05, 3.63) is 71.3 Å². The standard InChI is InChI=1S/C18H22N2O/c1-14-8-6-7-11-17(14)12-20-18(21)13-19-15(2)16-9-4-3-5-10-16/h3-11,15,19H,12-13H2,1-2H3,(H,20,21)/p+1/t15-/m0/s1. The summed E-state index contributed by atoms with van der Waals surface area (Å²) < 4.78 is 0. The molecule has 3 heteroatoms. The molecule has 0 bridgehead atoms. The minimum atomic E-state index is 0.0704. The predicted octanol–water partition coefficient (Wildman–Crippen LogP) is 1.94. The molecule has 0 unspecified atom stereocenters. The zero-order valence-corrected chi connectivity index (χ0v) is 12.7. The molecule has 0 aliphatic carbocycles. The van der Waals surface area contributed by atoms with Crippen molar-refractivity contribution in [2.45, 2.75) is 26.4 Å². The van der Waals surface area contributed by atoms with Crippen LogP contribution in [0.5, 0.6) is 0 Å². The molecule has 0 aliphatic rings. The van der Waals surface area contributed by atoms with E-state index >= 15 is 0 Å². The highest BCUT2D eigenvalue weighted by Gasteiger charge is 2.10. The Kier molecular flexibility index (Phi) is 5.52. The molecule has 0 fully saturated rings. The first kappa shape index (κ1) is 15.3. The SMILES string of the molecule is Cc1ccccc1CNC(=O)C[NH2+][C@@H](C)c1ccccc1. The molecule has 3 nitrogen and oxygen atoms in total. The number of hydrogen-bond donors (Lipinski definition) is 2. The zero-order valence-electron chi connectivity index (χ0n) is 12.7. The summed E-state index contributed by atoms with van der Waals surface area (Å²) in [6, 6.07) is 18.6. The molecule has 21 heavy (non-hydrogen) atoms. The third-order valence-electron chi connectivity index (χ3n) is 3.72. The van der Waals surface area contributed by atoms with Crippen LogP contribution in [0.1, 0.15) is 29.7 Å². The normalized spacial score (nSPS) is 11.9. The van der Waals surface area contributed by atoms with Gasteiger partial charge in [0.05, 0.1) is 0 Å². The molecule has 0 heterocycles. The molecule has 0 aliphatic heterocycles. The van der Waals surface area contributed by atoms with E-state index in [9.17, 15) is 4.79 Å². The van der Waals surface area contributed by atoms with Gasteiger partial charge in [-0.05, 0) is 25.0 Å². The van der Waals surface area contributed by atoms with E-state index in [1.165, 1.54) is 16.7 Å². The van der Waals surface area contributed by atoms with E-state index in [1.807, 2.05) is 36.4 Å². The van der Waals surface area contributed by atoms with Gasteiger partial charge in [-0.1, -0.05) is 54.6 Å². The maximum absolute atomic E-state index is 11.9. The van der Waals surface area contributed by atoms with E-state index in [-0.39, 0.29) is 11.9 Å². The lowest BCUT2D eigenvalue weighted by atomic mass is 10.1. The number of carbonyl (C=O) groups is 1. The lowest BCUT2D eigenvalue weighted by Gasteiger charge is -2.11. The third kappa shape index (κ3) is 4.72. The van der Waals surface area contributed by atoms with Gasteiger partial charge in [0.1, 0.15) is 6.04 Å². The molecule has 0 aromatic heterocycles. The lowest BCUT2D eigenvalue weighted by Crippen LogP contribution is -2.87. The Morgan fingerprint density at radius 1 is 1.10 bits per heavy atom. The first-order valence-electron chi connectivity index (χ1n) is 7.36. The fourth-order valence-electron chi connectivity index (χ4n) is 2.25. The van der Waals surface area contributed by atoms with Crippen molar-refractivity contribution in [2.24, 2.45) is 0 Å². The van der Waals surface area contributed by atoms with Crippen LogP contribution >= 0.6 is 0 Å². The van der Waals surface area contributed by atoms with Crippen molar-refractivity contribution in [3.63, 3.8) is 0 Å². The van der Waals surface area contributed by atoms with Gasteiger partial charge in [0.2, 0.25) is 0 Å². The maximum atomic E-state index is 11.9. The van der Waals surface area contributed by atoms with Crippen LogP contribution in [-0.4, -0.2) is 12.5 Å². The molecule has 0 radical (unpaired) electrons. The summed E-state index contributed by atoms with van der Waals surface area (Å²) in [5.74, 6) is 0.0704. The number of aryl methyl sites for hydroxylation is 1. The van der Waals surface area contributed by atoms with Crippen LogP contribution in [0.3, 0.4) is 0 Å². The van der Waals surface area contributed by atoms with Crippen molar-refractivity contribution in [2.75, 3.05) is 6.54 Å². The first-order valence-corrected chi connectivity index (χ1v) is 7.36. The molecule has 0 saturated carbocycles. The number of nitrogens with one attached hydrogen (secondary N) is 1. The predicted molar refractivity (Wildman–Crippen MR) is 84.7 cm³/mol. The Balaban J connectivity index is 1.76. The molecule has 3 N–H and O–H groups in total. The highest BCUT2D eigenvalue weighted by molar-refractivity contribution is 5.76. The van der Waals surface area contributed by atoms with Crippen LogP contribution in [0.2, 0.25) is 0 Å². The van der Waals surface area contributed by atoms with Crippen LogP contribution in [0.15, 0.2) is 54.6 Å². The van der Waals surface area contributed by atoms with Crippen LogP contribution in [0.4, 0.5) is 0 Å². The molecule has 2 rings (SSSR count). The van der Waals surface area contributed by atoms with Gasteiger partial charge in [-0.15, -0.1) is 0 Å². The fourth-order valence-corrected chi connectivity index (χ4v) is 2.25. The second-order valence-corrected chi connectivity index (χ2v) is 5.34. The third-order valence-corrected chi connectivity index (χ3v) is 3.72. The van der Waals surface area contributed by atoms with E-state index < -0.39 is 0 Å². The average Bonchev–Trinajstić information content (AvgIpc) is 2.52. The molecule has 0 spiro atoms. The lowest BCUT2D eigenvalue weighted by molar-refractivity contribution is -0.682. The first-order chi connectivity index (χ1) is 10.2. The summed E-state index contributed by atoms with van der Waals surface area (Å²) in [4.78, 5) is 11.9. The van der Waals surface area contributed by atoms with Gasteiger partial charge in [-0.3, -0.25) is 4.79 Å². The van der Waals surface area contributed by atoms with Gasteiger partial charge in [-0.2, -0.15) is 0 Å². The highest BCUT2D eigenvalue weighted by atomic mass is 16.1. The van der Waals surface area contributed by atoms with Gasteiger partial charge < -0.3 is 10.6 Å². The molecule has 0 saturated heterocycles. The number of benzene rings is 2. The van der Waals surface area contributed by atoms with Crippen molar-refractivity contribution in [1.82, 2.24) is 5.32 Å². The Labute approximate surface area is 126 Å². The molecule has 2 aromatic carbocycles. The summed E-state index contributed by atoms with van der Waals surface area (Å²) in [5, 5.41) is 5.03. The Hall–Kier alpha value is -2.13. The number of carbonyl (C=O) groups excluding carboxylic acids is 1. The van der Waals surface area contributed by atoms with Crippen LogP contribution in [0, 0.1) is 6.92 Å². The fraction of sp³-hybridized carbons (Fsp3) is 0.278. The molecular weight excluding hydrogens is 260 g/mol. The Morgan fingerprint density at radius 3 is 2.48 bits per heavy atom. The van der Waals surface area contributed by atoms with Crippen molar-refractivity contribution in [3.8, 4) is 0 Å². The smallest absolute Gasteiger partial charge is 0.275 e. The van der Waals surface area contributed by atoms with E-state index in [4.69, 9.17) is 0 Å². The average molecular weight is 283 g/mol. The van der Waals surface area contributed by atoms with Crippen molar-refractivity contribution in [1.29, 1.82) is 0 Å². The largest absolute Gasteiger partial charge is 0.347 e. The number of nitrogens with two attached hydrogens (primary N) is 1. The monoisotopic (exact) mass is 283 g/mol. The number of hydrogen-bond acceptors (Lipinski definition) is 1. The number of rotatable bonds is 6. The Morgan fingerprint density at radius 2 is 1.76 bits per heavy atom. The number of amides is 1. The molecule has 110 valence electrons. The second-order valence-electron chi connectivity index (χ2n) is 5.34. The zero-order chi connectivity index (χ0) is 15.1. The summed E-state index contributed by atoms with van der Waals surface area (Å²) in [6.45, 7) is 5.22. The van der Waals surface area contributed by atoms with E-state index in [2.05, 4.69) is 42.7 Å². The quantitative estimate of drug-likeness (QED) is 0.836. The number of quaternary nitrogens is 1. The van der Waals surface area contributed by atoms with Gasteiger partial charge in [0.15, 0.2) is 6.54 Å². The topological polar surface area (TPSA) is 45.7 Å². The maximum Gasteiger partial charge on any atom is 0.275 e. The van der Waals surface area contributed by atoms with Gasteiger partial charge in [0, 0.05) is 12.1 Å². The van der Waals surface area contributed by atoms with Crippen LogP contribution in [0.25, 0.3) is 0 Å². The van der Waals surface area contributed by atoms with Gasteiger partial charge >= 0.3 is 0 Å². The molecule has 1 amide bonds. The van der Waals surface area contributed by atoms with Crippen molar-refractivity contribution < 1.29 is 10.1 Å². The minimum Gasteiger partial charge on any atom is -0.347 e. The minimum absolute atomic E-state index is 0.0704. The Bertz CT molecular complexity index is 581. The van der Waals surface area contributed by atoms with E-state index in [0.29, 0.717) is 13.1 Å². The molecule has 1 atom stereocenters. The highest BCUT2D eigenvalue weighted by Crippen LogP contribution is 2.07. The molecular formula is C18H23N2O+. The van der Waals surface area contributed by atoms with Crippen LogP contribution < -0.4 is 10.6 Å². The summed E-state index contributed by atoms with van der Waals surface area (Å²) in [6.07, 6.45) is 0. The van der Waals surface area contributed by atoms with Crippen molar-refractivity contribution >= 4 is 5.91 Å². The van der Waals surface area contributed by atoms with Gasteiger partial charge in [-0.25, -0.2) is 0 Å². The second kappa shape index (κ2) is 7.60. The summed E-state index contributed by atoms with van der Waals surface area (Å²) >= 11 is 0.